The van der Waals surface area contributed by atoms with Crippen LogP contribution in [-0.4, -0.2) is 42.8 Å². The summed E-state index contributed by atoms with van der Waals surface area (Å²) in [5.41, 5.74) is 2.04. The van der Waals surface area contributed by atoms with Crippen LogP contribution < -0.4 is 15.4 Å². The van der Waals surface area contributed by atoms with Gasteiger partial charge < -0.3 is 20.3 Å². The monoisotopic (exact) mass is 429 g/mol. The van der Waals surface area contributed by atoms with Crippen molar-refractivity contribution < 1.29 is 19.1 Å². The number of benzene rings is 1. The average molecular weight is 430 g/mol. The van der Waals surface area contributed by atoms with Gasteiger partial charge in [0.25, 0.3) is 0 Å². The standard InChI is InChI=1S/C22H27N3O4S/c1-15(26)24-19(16-3-5-18(29-2)6-4-16)13-21(27)23-10-7-22(28)25-11-8-20-17(14-25)9-12-30-20/h3-6,9,12,19H,7-8,10-11,13-14H2,1-2H3,(H,23,27)(H,24,26). The zero-order chi connectivity index (χ0) is 21.5. The fourth-order valence-corrected chi connectivity index (χ4v) is 4.41. The Kier molecular flexibility index (Phi) is 7.46. The molecule has 2 N–H and O–H groups in total. The van der Waals surface area contributed by atoms with Crippen LogP contribution in [0.1, 0.15) is 41.8 Å². The number of rotatable bonds is 8. The smallest absolute Gasteiger partial charge is 0.224 e. The van der Waals surface area contributed by atoms with Crippen molar-refractivity contribution >= 4 is 29.1 Å². The molecule has 2 heterocycles. The Morgan fingerprint density at radius 3 is 2.67 bits per heavy atom. The SMILES string of the molecule is COc1ccc(C(CC(=O)NCCC(=O)N2CCc3sccc3C2)NC(C)=O)cc1. The summed E-state index contributed by atoms with van der Waals surface area (Å²) in [6, 6.07) is 8.86. The minimum atomic E-state index is -0.441. The van der Waals surface area contributed by atoms with Crippen LogP contribution in [0.3, 0.4) is 0 Å². The summed E-state index contributed by atoms with van der Waals surface area (Å²) < 4.78 is 5.15. The van der Waals surface area contributed by atoms with Crippen molar-refractivity contribution in [3.63, 3.8) is 0 Å². The van der Waals surface area contributed by atoms with Crippen molar-refractivity contribution in [1.82, 2.24) is 15.5 Å². The fourth-order valence-electron chi connectivity index (χ4n) is 3.52. The van der Waals surface area contributed by atoms with Crippen LogP contribution in [0.25, 0.3) is 0 Å². The molecule has 0 aliphatic carbocycles. The van der Waals surface area contributed by atoms with E-state index in [1.807, 2.05) is 17.0 Å². The third-order valence-electron chi connectivity index (χ3n) is 5.11. The minimum Gasteiger partial charge on any atom is -0.497 e. The second-order valence-corrected chi connectivity index (χ2v) is 8.27. The van der Waals surface area contributed by atoms with Gasteiger partial charge in [0, 0.05) is 37.9 Å². The molecule has 0 saturated heterocycles. The number of hydrogen-bond acceptors (Lipinski definition) is 5. The highest BCUT2D eigenvalue weighted by Gasteiger charge is 2.22. The highest BCUT2D eigenvalue weighted by atomic mass is 32.1. The number of nitrogens with one attached hydrogen (secondary N) is 2. The number of ether oxygens (including phenoxy) is 1. The summed E-state index contributed by atoms with van der Waals surface area (Å²) in [4.78, 5) is 39.6. The molecular weight excluding hydrogens is 402 g/mol. The van der Waals surface area contributed by atoms with E-state index in [-0.39, 0.29) is 37.1 Å². The van der Waals surface area contributed by atoms with Gasteiger partial charge in [0.05, 0.1) is 19.6 Å². The molecule has 0 fully saturated rings. The Bertz CT molecular complexity index is 894. The van der Waals surface area contributed by atoms with Crippen molar-refractivity contribution in [3.8, 4) is 5.75 Å². The first-order valence-electron chi connectivity index (χ1n) is 9.97. The molecule has 2 aromatic rings. The summed E-state index contributed by atoms with van der Waals surface area (Å²) in [6.45, 7) is 3.07. The number of carbonyl (C=O) groups excluding carboxylic acids is 3. The van der Waals surface area contributed by atoms with E-state index in [9.17, 15) is 14.4 Å². The second kappa shape index (κ2) is 10.2. The average Bonchev–Trinajstić information content (AvgIpc) is 3.21. The van der Waals surface area contributed by atoms with Crippen molar-refractivity contribution in [2.24, 2.45) is 0 Å². The van der Waals surface area contributed by atoms with E-state index >= 15 is 0 Å². The molecule has 30 heavy (non-hydrogen) atoms. The second-order valence-electron chi connectivity index (χ2n) is 7.26. The zero-order valence-corrected chi connectivity index (χ0v) is 18.1. The van der Waals surface area contributed by atoms with E-state index < -0.39 is 6.04 Å². The Morgan fingerprint density at radius 1 is 1.20 bits per heavy atom. The Hall–Kier alpha value is -2.87. The molecule has 0 bridgehead atoms. The van der Waals surface area contributed by atoms with E-state index in [4.69, 9.17) is 4.74 Å². The van der Waals surface area contributed by atoms with Crippen LogP contribution in [0.4, 0.5) is 0 Å². The van der Waals surface area contributed by atoms with Crippen LogP contribution >= 0.6 is 11.3 Å². The molecule has 1 aromatic heterocycles. The third kappa shape index (κ3) is 5.82. The van der Waals surface area contributed by atoms with Crippen LogP contribution in [0.5, 0.6) is 5.75 Å². The molecule has 0 spiro atoms. The number of carbonyl (C=O) groups is 3. The molecule has 1 unspecified atom stereocenters. The highest BCUT2D eigenvalue weighted by molar-refractivity contribution is 7.10. The van der Waals surface area contributed by atoms with Gasteiger partial charge in [0.15, 0.2) is 0 Å². The van der Waals surface area contributed by atoms with E-state index in [2.05, 4.69) is 22.1 Å². The zero-order valence-electron chi connectivity index (χ0n) is 17.3. The van der Waals surface area contributed by atoms with Crippen LogP contribution in [0.15, 0.2) is 35.7 Å². The Morgan fingerprint density at radius 2 is 1.97 bits per heavy atom. The molecule has 160 valence electrons. The Labute approximate surface area is 180 Å². The maximum atomic E-state index is 12.5. The Balaban J connectivity index is 1.48. The van der Waals surface area contributed by atoms with Crippen molar-refractivity contribution in [3.05, 3.63) is 51.7 Å². The van der Waals surface area contributed by atoms with Crippen molar-refractivity contribution in [1.29, 1.82) is 0 Å². The van der Waals surface area contributed by atoms with Crippen LogP contribution in [0, 0.1) is 0 Å². The first kappa shape index (κ1) is 21.8. The number of thiophene rings is 1. The van der Waals surface area contributed by atoms with E-state index in [0.29, 0.717) is 12.3 Å². The highest BCUT2D eigenvalue weighted by Crippen LogP contribution is 2.24. The summed E-state index contributed by atoms with van der Waals surface area (Å²) in [5, 5.41) is 7.67. The van der Waals surface area contributed by atoms with Gasteiger partial charge in [-0.05, 0) is 41.1 Å². The molecule has 3 amide bonds. The molecule has 7 nitrogen and oxygen atoms in total. The molecule has 1 atom stereocenters. The summed E-state index contributed by atoms with van der Waals surface area (Å²) in [6.07, 6.45) is 1.26. The van der Waals surface area contributed by atoms with Crippen molar-refractivity contribution in [2.75, 3.05) is 20.2 Å². The van der Waals surface area contributed by atoms with Gasteiger partial charge in [-0.3, -0.25) is 14.4 Å². The maximum Gasteiger partial charge on any atom is 0.224 e. The predicted octanol–water partition coefficient (Wildman–Crippen LogP) is 2.42. The van der Waals surface area contributed by atoms with Crippen LogP contribution in [0.2, 0.25) is 0 Å². The summed E-state index contributed by atoms with van der Waals surface area (Å²) in [7, 11) is 1.58. The molecule has 1 aliphatic rings. The van der Waals surface area contributed by atoms with Gasteiger partial charge in [-0.15, -0.1) is 11.3 Å². The van der Waals surface area contributed by atoms with Crippen molar-refractivity contribution in [2.45, 2.75) is 38.8 Å². The third-order valence-corrected chi connectivity index (χ3v) is 6.13. The summed E-state index contributed by atoms with van der Waals surface area (Å²) in [5.74, 6) is 0.323. The molecule has 0 saturated carbocycles. The molecule has 0 radical (unpaired) electrons. The number of fused-ring (bicyclic) bond motifs is 1. The normalized spacial score (nSPS) is 13.9. The maximum absolute atomic E-state index is 12.5. The quantitative estimate of drug-likeness (QED) is 0.675. The number of amides is 3. The summed E-state index contributed by atoms with van der Waals surface area (Å²) >= 11 is 1.74. The lowest BCUT2D eigenvalue weighted by atomic mass is 10.0. The lowest BCUT2D eigenvalue weighted by Crippen LogP contribution is -2.38. The van der Waals surface area contributed by atoms with Gasteiger partial charge >= 0.3 is 0 Å². The molecule has 8 heteroatoms. The lowest BCUT2D eigenvalue weighted by Gasteiger charge is -2.27. The van der Waals surface area contributed by atoms with Crippen LogP contribution in [-0.2, 0) is 27.3 Å². The number of hydrogen-bond donors (Lipinski definition) is 2. The fraction of sp³-hybridized carbons (Fsp3) is 0.409. The lowest BCUT2D eigenvalue weighted by molar-refractivity contribution is -0.132. The van der Waals surface area contributed by atoms with E-state index in [0.717, 1.165) is 18.5 Å². The van der Waals surface area contributed by atoms with Gasteiger partial charge in [0.1, 0.15) is 5.75 Å². The van der Waals surface area contributed by atoms with Gasteiger partial charge in [0.2, 0.25) is 17.7 Å². The number of methoxy groups -OCH3 is 1. The van der Waals surface area contributed by atoms with E-state index in [1.54, 1.807) is 30.6 Å². The first-order chi connectivity index (χ1) is 14.5. The predicted molar refractivity (Wildman–Crippen MR) is 115 cm³/mol. The van der Waals surface area contributed by atoms with Gasteiger partial charge in [-0.25, -0.2) is 0 Å². The minimum absolute atomic E-state index is 0.0423. The number of nitrogens with zero attached hydrogens (tertiary/aromatic N) is 1. The van der Waals surface area contributed by atoms with Gasteiger partial charge in [-0.1, -0.05) is 12.1 Å². The largest absolute Gasteiger partial charge is 0.497 e. The topological polar surface area (TPSA) is 87.7 Å². The van der Waals surface area contributed by atoms with E-state index in [1.165, 1.54) is 17.4 Å². The molecular formula is C22H27N3O4S. The molecule has 1 aliphatic heterocycles. The molecule has 3 rings (SSSR count). The van der Waals surface area contributed by atoms with Gasteiger partial charge in [-0.2, -0.15) is 0 Å². The first-order valence-corrected chi connectivity index (χ1v) is 10.8. The molecule has 1 aromatic carbocycles.